The van der Waals surface area contributed by atoms with Crippen LogP contribution in [0.1, 0.15) is 6.42 Å². The fourth-order valence-corrected chi connectivity index (χ4v) is 2.82. The number of para-hydroxylation sites is 4. The van der Waals surface area contributed by atoms with Crippen molar-refractivity contribution >= 4 is 34.5 Å². The van der Waals surface area contributed by atoms with Crippen LogP contribution in [0.4, 0.5) is 11.6 Å². The normalized spacial score (nSPS) is 13.4. The lowest BCUT2D eigenvalue weighted by molar-refractivity contribution is -0.121. The highest BCUT2D eigenvalue weighted by Crippen LogP contribution is 2.31. The van der Waals surface area contributed by atoms with E-state index in [2.05, 4.69) is 15.3 Å². The number of hydrogen-bond acceptors (Lipinski definition) is 4. The summed E-state index contributed by atoms with van der Waals surface area (Å²) in [5.41, 5.74) is 2.33. The smallest absolute Gasteiger partial charge is 0.265 e. The molecule has 3 aromatic rings. The van der Waals surface area contributed by atoms with Gasteiger partial charge in [-0.3, -0.25) is 14.9 Å². The molecular weight excluding hydrogens is 320 g/mol. The van der Waals surface area contributed by atoms with Gasteiger partial charge in [-0.2, -0.15) is 0 Å². The minimum absolute atomic E-state index is 0.0117. The number of carbonyl (C=O) groups is 2. The first-order valence-corrected chi connectivity index (χ1v) is 7.97. The summed E-state index contributed by atoms with van der Waals surface area (Å²) in [4.78, 5) is 33.2. The van der Waals surface area contributed by atoms with Crippen LogP contribution in [0.3, 0.4) is 0 Å². The number of aromatic amines is 1. The first kappa shape index (κ1) is 15.2. The van der Waals surface area contributed by atoms with Crippen molar-refractivity contribution in [3.05, 3.63) is 48.5 Å². The van der Waals surface area contributed by atoms with E-state index >= 15 is 0 Å². The third kappa shape index (κ3) is 3.03. The number of nitrogens with one attached hydrogen (secondary N) is 2. The number of imidazole rings is 1. The van der Waals surface area contributed by atoms with Crippen LogP contribution in [-0.2, 0) is 9.59 Å². The monoisotopic (exact) mass is 336 g/mol. The van der Waals surface area contributed by atoms with Gasteiger partial charge in [0.2, 0.25) is 11.9 Å². The van der Waals surface area contributed by atoms with E-state index in [1.807, 2.05) is 48.5 Å². The maximum atomic E-state index is 12.2. The number of fused-ring (bicyclic) bond motifs is 2. The van der Waals surface area contributed by atoms with Crippen molar-refractivity contribution in [2.45, 2.75) is 6.42 Å². The van der Waals surface area contributed by atoms with Gasteiger partial charge in [0.05, 0.1) is 16.7 Å². The minimum atomic E-state index is -0.212. The number of anilines is 2. The SMILES string of the molecule is O=C(CCN1C(=O)COc2ccccc21)Nc1nc2ccccc2[nH]1. The molecule has 7 heteroatoms. The zero-order valence-corrected chi connectivity index (χ0v) is 13.4. The highest BCUT2D eigenvalue weighted by atomic mass is 16.5. The number of nitrogens with zero attached hydrogens (tertiary/aromatic N) is 2. The third-order valence-electron chi connectivity index (χ3n) is 4.02. The predicted octanol–water partition coefficient (Wildman–Crippen LogP) is 2.32. The Bertz CT molecular complexity index is 917. The van der Waals surface area contributed by atoms with Gasteiger partial charge in [-0.05, 0) is 24.3 Å². The molecular formula is C18H16N4O3. The van der Waals surface area contributed by atoms with E-state index in [9.17, 15) is 9.59 Å². The number of rotatable bonds is 4. The van der Waals surface area contributed by atoms with Crippen LogP contribution in [-0.4, -0.2) is 34.9 Å². The van der Waals surface area contributed by atoms with Gasteiger partial charge in [-0.25, -0.2) is 4.98 Å². The minimum Gasteiger partial charge on any atom is -0.482 e. The van der Waals surface area contributed by atoms with Crippen LogP contribution in [0.25, 0.3) is 11.0 Å². The molecule has 2 N–H and O–H groups in total. The zero-order valence-electron chi connectivity index (χ0n) is 13.4. The highest BCUT2D eigenvalue weighted by Gasteiger charge is 2.25. The standard InChI is InChI=1S/C18H16N4O3/c23-16(21-18-19-12-5-1-2-6-13(12)20-18)9-10-22-14-7-3-4-8-15(14)25-11-17(22)24/h1-8H,9-11H2,(H2,19,20,21,23). The van der Waals surface area contributed by atoms with Gasteiger partial charge in [0.25, 0.3) is 5.91 Å². The Balaban J connectivity index is 1.42. The maximum Gasteiger partial charge on any atom is 0.265 e. The predicted molar refractivity (Wildman–Crippen MR) is 93.6 cm³/mol. The van der Waals surface area contributed by atoms with Crippen molar-refractivity contribution in [2.24, 2.45) is 0 Å². The van der Waals surface area contributed by atoms with Crippen LogP contribution in [0, 0.1) is 0 Å². The highest BCUT2D eigenvalue weighted by molar-refractivity contribution is 5.99. The molecule has 0 unspecified atom stereocenters. The van der Waals surface area contributed by atoms with Gasteiger partial charge in [0.1, 0.15) is 5.75 Å². The van der Waals surface area contributed by atoms with Gasteiger partial charge in [0.15, 0.2) is 6.61 Å². The molecule has 1 aliphatic rings. The van der Waals surface area contributed by atoms with Gasteiger partial charge in [0, 0.05) is 13.0 Å². The molecule has 0 saturated carbocycles. The Kier molecular flexibility index (Phi) is 3.81. The Morgan fingerprint density at radius 2 is 2.00 bits per heavy atom. The van der Waals surface area contributed by atoms with Crippen LogP contribution >= 0.6 is 0 Å². The third-order valence-corrected chi connectivity index (χ3v) is 4.02. The summed E-state index contributed by atoms with van der Waals surface area (Å²) < 4.78 is 5.40. The summed E-state index contributed by atoms with van der Waals surface area (Å²) in [5, 5.41) is 2.73. The topological polar surface area (TPSA) is 87.3 Å². The summed E-state index contributed by atoms with van der Waals surface area (Å²) >= 11 is 0. The molecule has 0 fully saturated rings. The van der Waals surface area contributed by atoms with Crippen molar-refractivity contribution in [3.8, 4) is 5.75 Å². The second-order valence-corrected chi connectivity index (χ2v) is 5.70. The van der Waals surface area contributed by atoms with Crippen molar-refractivity contribution in [3.63, 3.8) is 0 Å². The molecule has 1 aliphatic heterocycles. The lowest BCUT2D eigenvalue weighted by Gasteiger charge is -2.29. The average Bonchev–Trinajstić information content (AvgIpc) is 3.03. The van der Waals surface area contributed by atoms with Gasteiger partial charge in [-0.1, -0.05) is 24.3 Å². The molecule has 7 nitrogen and oxygen atoms in total. The maximum absolute atomic E-state index is 12.2. The average molecular weight is 336 g/mol. The van der Waals surface area contributed by atoms with Crippen LogP contribution in [0.2, 0.25) is 0 Å². The lowest BCUT2D eigenvalue weighted by atomic mass is 10.2. The quantitative estimate of drug-likeness (QED) is 0.765. The molecule has 2 heterocycles. The number of H-pyrrole nitrogens is 1. The number of amides is 2. The summed E-state index contributed by atoms with van der Waals surface area (Å²) in [6.07, 6.45) is 0.164. The molecule has 0 saturated heterocycles. The van der Waals surface area contributed by atoms with Gasteiger partial charge >= 0.3 is 0 Å². The number of aromatic nitrogens is 2. The lowest BCUT2D eigenvalue weighted by Crippen LogP contribution is -2.40. The second-order valence-electron chi connectivity index (χ2n) is 5.70. The van der Waals surface area contributed by atoms with Crippen molar-refractivity contribution in [2.75, 3.05) is 23.4 Å². The molecule has 0 aliphatic carbocycles. The number of hydrogen-bond donors (Lipinski definition) is 2. The van der Waals surface area contributed by atoms with E-state index in [1.54, 1.807) is 4.90 Å². The fourth-order valence-electron chi connectivity index (χ4n) is 2.82. The number of benzene rings is 2. The summed E-state index contributed by atoms with van der Waals surface area (Å²) in [6, 6.07) is 14.8. The van der Waals surface area contributed by atoms with E-state index < -0.39 is 0 Å². The number of ether oxygens (including phenoxy) is 1. The largest absolute Gasteiger partial charge is 0.482 e. The molecule has 1 aromatic heterocycles. The Hall–Kier alpha value is -3.35. The first-order valence-electron chi connectivity index (χ1n) is 7.97. The second kappa shape index (κ2) is 6.27. The van der Waals surface area contributed by atoms with E-state index in [-0.39, 0.29) is 31.4 Å². The van der Waals surface area contributed by atoms with E-state index in [4.69, 9.17) is 4.74 Å². The van der Waals surface area contributed by atoms with Crippen LogP contribution in [0.5, 0.6) is 5.75 Å². The zero-order chi connectivity index (χ0) is 17.2. The molecule has 4 rings (SSSR count). The van der Waals surface area contributed by atoms with Crippen molar-refractivity contribution in [1.82, 2.24) is 9.97 Å². The van der Waals surface area contributed by atoms with Crippen molar-refractivity contribution in [1.29, 1.82) is 0 Å². The van der Waals surface area contributed by atoms with Crippen LogP contribution in [0.15, 0.2) is 48.5 Å². The van der Waals surface area contributed by atoms with E-state index in [1.165, 1.54) is 0 Å². The van der Waals surface area contributed by atoms with Crippen molar-refractivity contribution < 1.29 is 14.3 Å². The van der Waals surface area contributed by atoms with Crippen LogP contribution < -0.4 is 15.0 Å². The molecule has 0 spiro atoms. The fraction of sp³-hybridized carbons (Fsp3) is 0.167. The molecule has 2 aromatic carbocycles. The first-order chi connectivity index (χ1) is 12.2. The molecule has 25 heavy (non-hydrogen) atoms. The van der Waals surface area contributed by atoms with Gasteiger partial charge < -0.3 is 14.6 Å². The molecule has 2 amide bonds. The van der Waals surface area contributed by atoms with Gasteiger partial charge in [-0.15, -0.1) is 0 Å². The van der Waals surface area contributed by atoms with E-state index in [0.29, 0.717) is 17.4 Å². The Morgan fingerprint density at radius 1 is 1.20 bits per heavy atom. The van der Waals surface area contributed by atoms with E-state index in [0.717, 1.165) is 11.0 Å². The summed E-state index contributed by atoms with van der Waals surface area (Å²) in [5.74, 6) is 0.686. The molecule has 0 radical (unpaired) electrons. The number of carbonyl (C=O) groups excluding carboxylic acids is 2. The molecule has 0 atom stereocenters. The molecule has 126 valence electrons. The Morgan fingerprint density at radius 3 is 2.88 bits per heavy atom. The summed E-state index contributed by atoms with van der Waals surface area (Å²) in [7, 11) is 0. The molecule has 0 bridgehead atoms. The Labute approximate surface area is 143 Å². The summed E-state index contributed by atoms with van der Waals surface area (Å²) in [6.45, 7) is 0.271.